The van der Waals surface area contributed by atoms with Crippen molar-refractivity contribution in [2.24, 2.45) is 0 Å². The van der Waals surface area contributed by atoms with Crippen LogP contribution in [0.5, 0.6) is 5.75 Å². The highest BCUT2D eigenvalue weighted by atomic mass is 16.7. The van der Waals surface area contributed by atoms with Crippen LogP contribution < -0.4 is 0 Å². The average Bonchev–Trinajstić information content (AvgIpc) is 2.54. The molecule has 0 aliphatic carbocycles. The van der Waals surface area contributed by atoms with E-state index in [-0.39, 0.29) is 13.7 Å². The van der Waals surface area contributed by atoms with Crippen molar-refractivity contribution in [3.8, 4) is 17.6 Å². The third-order valence-corrected chi connectivity index (χ3v) is 3.71. The Bertz CT molecular complexity index is 608. The van der Waals surface area contributed by atoms with Crippen molar-refractivity contribution in [1.82, 2.24) is 0 Å². The van der Waals surface area contributed by atoms with Gasteiger partial charge in [-0.25, -0.2) is 0 Å². The maximum atomic E-state index is 9.85. The molecule has 3 nitrogen and oxygen atoms in total. The third-order valence-electron chi connectivity index (χ3n) is 3.71. The number of hydrogen-bond donors (Lipinski definition) is 1. The van der Waals surface area contributed by atoms with Crippen LogP contribution in [-0.4, -0.2) is 23.6 Å². The molecule has 0 bridgehead atoms. The molecule has 0 aromatic heterocycles. The first kappa shape index (κ1) is 25.5. The van der Waals surface area contributed by atoms with E-state index in [1.54, 1.807) is 12.1 Å². The number of hydrogen-bond acceptors (Lipinski definition) is 3. The average molecular weight is 349 g/mol. The second kappa shape index (κ2) is 11.7. The summed E-state index contributed by atoms with van der Waals surface area (Å²) in [6, 6.07) is 1.74. The quantitative estimate of drug-likeness (QED) is 0.423. The molecule has 25 heavy (non-hydrogen) atoms. The van der Waals surface area contributed by atoms with Gasteiger partial charge in [-0.05, 0) is 70.4 Å². The first-order valence-corrected chi connectivity index (χ1v) is 8.50. The summed E-state index contributed by atoms with van der Waals surface area (Å²) in [5.41, 5.74) is 2.89. The largest absolute Gasteiger partial charge is 0.508 e. The van der Waals surface area contributed by atoms with Crippen molar-refractivity contribution in [3.63, 3.8) is 0 Å². The molecule has 0 fully saturated rings. The molecule has 1 aromatic carbocycles. The summed E-state index contributed by atoms with van der Waals surface area (Å²) in [7, 11) is 0. The highest BCUT2D eigenvalue weighted by molar-refractivity contribution is 5.55. The Morgan fingerprint density at radius 3 is 2.32 bits per heavy atom. The minimum absolute atomic E-state index is 0. The SMILES string of the molecule is C.C=CC(C)(C#Cc1c(C)cc(O)c(C)c1C)OC(C)OCC.CC. The van der Waals surface area contributed by atoms with Crippen molar-refractivity contribution < 1.29 is 14.6 Å². The molecule has 0 saturated heterocycles. The van der Waals surface area contributed by atoms with E-state index in [2.05, 4.69) is 18.4 Å². The zero-order chi connectivity index (χ0) is 18.9. The summed E-state index contributed by atoms with van der Waals surface area (Å²) < 4.78 is 11.2. The molecule has 0 aliphatic rings. The topological polar surface area (TPSA) is 38.7 Å². The molecular formula is C22H36O3. The van der Waals surface area contributed by atoms with Crippen LogP contribution in [0.25, 0.3) is 0 Å². The molecule has 3 heteroatoms. The monoisotopic (exact) mass is 348 g/mol. The van der Waals surface area contributed by atoms with Gasteiger partial charge in [-0.2, -0.15) is 0 Å². The number of ether oxygens (including phenoxy) is 2. The number of aromatic hydroxyl groups is 1. The minimum atomic E-state index is -0.792. The molecular weight excluding hydrogens is 312 g/mol. The first-order valence-electron chi connectivity index (χ1n) is 8.50. The Kier molecular flexibility index (Phi) is 12.0. The van der Waals surface area contributed by atoms with Crippen LogP contribution in [0.3, 0.4) is 0 Å². The normalized spacial score (nSPS) is 13.1. The van der Waals surface area contributed by atoms with Crippen molar-refractivity contribution in [2.45, 2.75) is 74.7 Å². The third kappa shape index (κ3) is 7.34. The maximum absolute atomic E-state index is 9.85. The van der Waals surface area contributed by atoms with Gasteiger partial charge < -0.3 is 14.6 Å². The van der Waals surface area contributed by atoms with Gasteiger partial charge in [0.25, 0.3) is 0 Å². The molecule has 1 N–H and O–H groups in total. The zero-order valence-corrected chi connectivity index (χ0v) is 16.4. The molecule has 2 unspecified atom stereocenters. The van der Waals surface area contributed by atoms with E-state index in [0.717, 1.165) is 22.3 Å². The lowest BCUT2D eigenvalue weighted by atomic mass is 9.96. The molecule has 142 valence electrons. The molecule has 0 aliphatic heterocycles. The highest BCUT2D eigenvalue weighted by Crippen LogP contribution is 2.26. The predicted molar refractivity (Wildman–Crippen MR) is 108 cm³/mol. The minimum Gasteiger partial charge on any atom is -0.508 e. The van der Waals surface area contributed by atoms with Crippen LogP contribution in [0, 0.1) is 32.6 Å². The fourth-order valence-corrected chi connectivity index (χ4v) is 2.18. The van der Waals surface area contributed by atoms with E-state index in [1.807, 2.05) is 55.4 Å². The number of benzene rings is 1. The van der Waals surface area contributed by atoms with E-state index in [4.69, 9.17) is 9.47 Å². The van der Waals surface area contributed by atoms with Crippen LogP contribution in [0.1, 0.15) is 64.3 Å². The standard InChI is InChI=1S/C19H26O3.C2H6.CH4/c1-8-19(7,22-16(6)21-9-2)11-10-17-13(3)12-18(20)15(5)14(17)4;1-2;/h8,12,16,20H,1,9H2,2-7H3;1-2H3;1H4. The Balaban J connectivity index is 0. The fourth-order valence-electron chi connectivity index (χ4n) is 2.18. The fraction of sp³-hybridized carbons (Fsp3) is 0.545. The van der Waals surface area contributed by atoms with Crippen LogP contribution in [0.2, 0.25) is 0 Å². The van der Waals surface area contributed by atoms with Gasteiger partial charge in [0.1, 0.15) is 11.4 Å². The van der Waals surface area contributed by atoms with Crippen LogP contribution in [0.15, 0.2) is 18.7 Å². The molecule has 1 aromatic rings. The summed E-state index contributed by atoms with van der Waals surface area (Å²) in [6.07, 6.45) is 1.32. The molecule has 0 spiro atoms. The summed E-state index contributed by atoms with van der Waals surface area (Å²) in [6.45, 7) is 19.8. The lowest BCUT2D eigenvalue weighted by Gasteiger charge is -2.24. The predicted octanol–water partition coefficient (Wildman–Crippen LogP) is 5.68. The number of aryl methyl sites for hydroxylation is 1. The van der Waals surface area contributed by atoms with Crippen molar-refractivity contribution >= 4 is 0 Å². The second-order valence-electron chi connectivity index (χ2n) is 5.54. The lowest BCUT2D eigenvalue weighted by molar-refractivity contribution is -0.161. The van der Waals surface area contributed by atoms with E-state index in [0.29, 0.717) is 12.4 Å². The lowest BCUT2D eigenvalue weighted by Crippen LogP contribution is -2.30. The first-order chi connectivity index (χ1) is 11.2. The number of phenolic OH excluding ortho intramolecular Hbond substituents is 1. The van der Waals surface area contributed by atoms with E-state index in [9.17, 15) is 5.11 Å². The Morgan fingerprint density at radius 1 is 1.28 bits per heavy atom. The molecule has 0 heterocycles. The Labute approximate surface area is 155 Å². The zero-order valence-electron chi connectivity index (χ0n) is 16.4. The molecule has 0 radical (unpaired) electrons. The summed E-state index contributed by atoms with van der Waals surface area (Å²) in [5.74, 6) is 6.60. The van der Waals surface area contributed by atoms with Crippen LogP contribution in [-0.2, 0) is 9.47 Å². The van der Waals surface area contributed by atoms with Crippen molar-refractivity contribution in [2.75, 3.05) is 6.61 Å². The summed E-state index contributed by atoms with van der Waals surface area (Å²) in [5, 5.41) is 9.85. The van der Waals surface area contributed by atoms with Gasteiger partial charge >= 0.3 is 0 Å². The van der Waals surface area contributed by atoms with Gasteiger partial charge in [0.2, 0.25) is 0 Å². The number of phenols is 1. The van der Waals surface area contributed by atoms with Gasteiger partial charge in [0, 0.05) is 12.2 Å². The van der Waals surface area contributed by atoms with E-state index in [1.165, 1.54) is 0 Å². The summed E-state index contributed by atoms with van der Waals surface area (Å²) in [4.78, 5) is 0. The van der Waals surface area contributed by atoms with Crippen LogP contribution in [0.4, 0.5) is 0 Å². The number of rotatable bonds is 5. The van der Waals surface area contributed by atoms with Gasteiger partial charge in [-0.3, -0.25) is 0 Å². The van der Waals surface area contributed by atoms with Gasteiger partial charge in [0.15, 0.2) is 6.29 Å². The Morgan fingerprint density at radius 2 is 1.84 bits per heavy atom. The van der Waals surface area contributed by atoms with E-state index < -0.39 is 5.60 Å². The Hall–Kier alpha value is -1.76. The highest BCUT2D eigenvalue weighted by Gasteiger charge is 2.21. The van der Waals surface area contributed by atoms with Crippen molar-refractivity contribution in [1.29, 1.82) is 0 Å². The second-order valence-corrected chi connectivity index (χ2v) is 5.54. The molecule has 0 amide bonds. The van der Waals surface area contributed by atoms with Crippen LogP contribution >= 0.6 is 0 Å². The van der Waals surface area contributed by atoms with Gasteiger partial charge in [0.05, 0.1) is 0 Å². The smallest absolute Gasteiger partial charge is 0.157 e. The molecule has 1 rings (SSSR count). The molecule has 0 saturated carbocycles. The summed E-state index contributed by atoms with van der Waals surface area (Å²) >= 11 is 0. The van der Waals surface area contributed by atoms with Gasteiger partial charge in [-0.15, -0.1) is 0 Å². The van der Waals surface area contributed by atoms with E-state index >= 15 is 0 Å². The van der Waals surface area contributed by atoms with Gasteiger partial charge in [-0.1, -0.05) is 39.7 Å². The van der Waals surface area contributed by atoms with Crippen molar-refractivity contribution in [3.05, 3.63) is 41.0 Å². The molecule has 2 atom stereocenters. The maximum Gasteiger partial charge on any atom is 0.157 e.